The van der Waals surface area contributed by atoms with E-state index in [4.69, 9.17) is 0 Å². The summed E-state index contributed by atoms with van der Waals surface area (Å²) in [6, 6.07) is 0. The van der Waals surface area contributed by atoms with E-state index in [1.165, 1.54) is 0 Å². The van der Waals surface area contributed by atoms with Gasteiger partial charge in [-0.25, -0.2) is 0 Å². The highest BCUT2D eigenvalue weighted by Gasteiger charge is 1.81. The van der Waals surface area contributed by atoms with E-state index < -0.39 is 0 Å². The first-order valence-electron chi connectivity index (χ1n) is 4.41. The Labute approximate surface area is 102 Å². The molecule has 0 rings (SSSR count). The van der Waals surface area contributed by atoms with Crippen molar-refractivity contribution in [3.63, 3.8) is 0 Å². The SMILES string of the molecule is C.C.C.C.CCN(C)C.CCN(C)CC. The molecule has 0 atom stereocenters. The maximum absolute atomic E-state index is 2.25. The first kappa shape index (κ1) is 36.3. The first-order valence-corrected chi connectivity index (χ1v) is 4.41. The van der Waals surface area contributed by atoms with Crippen molar-refractivity contribution < 1.29 is 0 Å². The van der Waals surface area contributed by atoms with Gasteiger partial charge in [0.2, 0.25) is 0 Å². The van der Waals surface area contributed by atoms with Crippen LogP contribution in [0, 0.1) is 0 Å². The predicted molar refractivity (Wildman–Crippen MR) is 80.0 cm³/mol. The lowest BCUT2D eigenvalue weighted by Gasteiger charge is -2.07. The second-order valence-corrected chi connectivity index (χ2v) is 2.88. The second-order valence-electron chi connectivity index (χ2n) is 2.88. The molecule has 0 unspecified atom stereocenters. The third-order valence-electron chi connectivity index (χ3n) is 1.71. The van der Waals surface area contributed by atoms with Crippen molar-refractivity contribution in [3.05, 3.63) is 0 Å². The lowest BCUT2D eigenvalue weighted by Crippen LogP contribution is -2.15. The van der Waals surface area contributed by atoms with Crippen molar-refractivity contribution in [3.8, 4) is 0 Å². The van der Waals surface area contributed by atoms with Crippen molar-refractivity contribution in [2.45, 2.75) is 50.5 Å². The molecule has 0 N–H and O–H groups in total. The van der Waals surface area contributed by atoms with Gasteiger partial charge < -0.3 is 9.80 Å². The highest BCUT2D eigenvalue weighted by atomic mass is 15.1. The quantitative estimate of drug-likeness (QED) is 0.713. The molecule has 0 aromatic heterocycles. The third-order valence-corrected chi connectivity index (χ3v) is 1.71. The lowest BCUT2D eigenvalue weighted by atomic mass is 10.6. The fourth-order valence-corrected chi connectivity index (χ4v) is 0.224. The maximum atomic E-state index is 2.25. The average molecular weight is 224 g/mol. The Balaban J connectivity index is -0.0000000215. The molecule has 0 saturated heterocycles. The van der Waals surface area contributed by atoms with Gasteiger partial charge in [0.1, 0.15) is 0 Å². The van der Waals surface area contributed by atoms with Crippen LogP contribution in [-0.4, -0.2) is 50.6 Å². The van der Waals surface area contributed by atoms with E-state index in [0.29, 0.717) is 0 Å². The zero-order chi connectivity index (χ0) is 9.28. The molecule has 0 bridgehead atoms. The van der Waals surface area contributed by atoms with Crippen LogP contribution >= 0.6 is 0 Å². The Morgan fingerprint density at radius 3 is 0.800 bits per heavy atom. The van der Waals surface area contributed by atoms with Gasteiger partial charge in [0, 0.05) is 0 Å². The van der Waals surface area contributed by atoms with Gasteiger partial charge in [-0.05, 0) is 40.8 Å². The molecular weight excluding hydrogens is 184 g/mol. The molecule has 0 amide bonds. The number of rotatable bonds is 3. The monoisotopic (exact) mass is 224 g/mol. The normalized spacial score (nSPS) is 7.20. The minimum atomic E-state index is 0. The molecule has 2 heteroatoms. The van der Waals surface area contributed by atoms with Crippen LogP contribution in [0.2, 0.25) is 0 Å². The van der Waals surface area contributed by atoms with Gasteiger partial charge >= 0.3 is 0 Å². The summed E-state index contributed by atoms with van der Waals surface area (Å²) in [5.74, 6) is 0. The Bertz CT molecular complexity index is 59.6. The summed E-state index contributed by atoms with van der Waals surface area (Å²) in [5, 5.41) is 0. The van der Waals surface area contributed by atoms with Gasteiger partial charge in [-0.2, -0.15) is 0 Å². The van der Waals surface area contributed by atoms with Crippen LogP contribution in [0.3, 0.4) is 0 Å². The van der Waals surface area contributed by atoms with E-state index in [2.05, 4.69) is 51.7 Å². The van der Waals surface area contributed by atoms with Gasteiger partial charge in [0.15, 0.2) is 0 Å². The summed E-state index contributed by atoms with van der Waals surface area (Å²) in [6.45, 7) is 9.90. The van der Waals surface area contributed by atoms with Crippen molar-refractivity contribution >= 4 is 0 Å². The van der Waals surface area contributed by atoms with Gasteiger partial charge in [0.25, 0.3) is 0 Å². The van der Waals surface area contributed by atoms with Gasteiger partial charge in [0.05, 0.1) is 0 Å². The molecule has 0 aliphatic rings. The van der Waals surface area contributed by atoms with E-state index in [9.17, 15) is 0 Å². The highest BCUT2D eigenvalue weighted by Crippen LogP contribution is 1.73. The maximum Gasteiger partial charge on any atom is -0.00504 e. The van der Waals surface area contributed by atoms with Crippen LogP contribution in [0.25, 0.3) is 0 Å². The van der Waals surface area contributed by atoms with Crippen LogP contribution in [-0.2, 0) is 0 Å². The predicted octanol–water partition coefficient (Wildman–Crippen LogP) is 4.07. The molecule has 0 saturated carbocycles. The molecule has 15 heavy (non-hydrogen) atoms. The largest absolute Gasteiger partial charge is 0.310 e. The third kappa shape index (κ3) is 56.4. The highest BCUT2D eigenvalue weighted by molar-refractivity contribution is 4.36. The second kappa shape index (κ2) is 29.2. The van der Waals surface area contributed by atoms with E-state index in [1.807, 2.05) is 0 Å². The minimum Gasteiger partial charge on any atom is -0.310 e. The summed E-state index contributed by atoms with van der Waals surface area (Å²) in [6.07, 6.45) is 0. The van der Waals surface area contributed by atoms with Crippen LogP contribution in [0.4, 0.5) is 0 Å². The Hall–Kier alpha value is -0.0800. The molecule has 0 heterocycles. The molecule has 2 nitrogen and oxygen atoms in total. The molecule has 0 aliphatic carbocycles. The van der Waals surface area contributed by atoms with Crippen molar-refractivity contribution in [1.82, 2.24) is 9.80 Å². The minimum absolute atomic E-state index is 0. The number of nitrogens with zero attached hydrogens (tertiary/aromatic N) is 2. The van der Waals surface area contributed by atoms with Crippen molar-refractivity contribution in [1.29, 1.82) is 0 Å². The summed E-state index contributed by atoms with van der Waals surface area (Å²) in [5.41, 5.74) is 0. The Morgan fingerprint density at radius 2 is 0.800 bits per heavy atom. The average Bonchev–Trinajstić information content (AvgIpc) is 2.04. The summed E-state index contributed by atoms with van der Waals surface area (Å²) < 4.78 is 0. The van der Waals surface area contributed by atoms with Crippen LogP contribution in [0.5, 0.6) is 0 Å². The van der Waals surface area contributed by atoms with Gasteiger partial charge in [-0.15, -0.1) is 0 Å². The summed E-state index contributed by atoms with van der Waals surface area (Å²) in [7, 11) is 6.22. The fourth-order valence-electron chi connectivity index (χ4n) is 0.224. The molecule has 0 fully saturated rings. The molecule has 0 radical (unpaired) electrons. The Kier molecular flexibility index (Phi) is 70.7. The van der Waals surface area contributed by atoms with E-state index in [1.54, 1.807) is 0 Å². The molecule has 102 valence electrons. The van der Waals surface area contributed by atoms with Crippen LogP contribution in [0.1, 0.15) is 50.5 Å². The molecular formula is C13H40N2. The van der Waals surface area contributed by atoms with E-state index in [0.717, 1.165) is 19.6 Å². The zero-order valence-corrected chi connectivity index (χ0v) is 9.02. The number of hydrogen-bond donors (Lipinski definition) is 0. The zero-order valence-electron chi connectivity index (χ0n) is 9.02. The smallest absolute Gasteiger partial charge is 0.00504 e. The van der Waals surface area contributed by atoms with Crippen LogP contribution < -0.4 is 0 Å². The van der Waals surface area contributed by atoms with Crippen molar-refractivity contribution in [2.75, 3.05) is 40.8 Å². The van der Waals surface area contributed by atoms with E-state index in [-0.39, 0.29) is 29.7 Å². The summed E-state index contributed by atoms with van der Waals surface area (Å²) in [4.78, 5) is 4.38. The topological polar surface area (TPSA) is 6.48 Å². The van der Waals surface area contributed by atoms with Gasteiger partial charge in [-0.3, -0.25) is 0 Å². The standard InChI is InChI=1S/C5H13N.C4H11N.4CH4/c1-4-6(3)5-2;1-4-5(2)3;;;;/h4-5H2,1-3H3;4H2,1-3H3;4*1H4. The van der Waals surface area contributed by atoms with Gasteiger partial charge in [-0.1, -0.05) is 50.5 Å². The molecule has 0 aromatic rings. The Morgan fingerprint density at radius 1 is 0.600 bits per heavy atom. The van der Waals surface area contributed by atoms with Crippen molar-refractivity contribution in [2.24, 2.45) is 0 Å². The molecule has 0 aromatic carbocycles. The van der Waals surface area contributed by atoms with Crippen LogP contribution in [0.15, 0.2) is 0 Å². The van der Waals surface area contributed by atoms with E-state index >= 15 is 0 Å². The fraction of sp³-hybridized carbons (Fsp3) is 1.00. The molecule has 0 aliphatic heterocycles. The first-order chi connectivity index (χ1) is 5.08. The lowest BCUT2D eigenvalue weighted by molar-refractivity contribution is 0.373. The molecule has 0 spiro atoms. The summed E-state index contributed by atoms with van der Waals surface area (Å²) >= 11 is 0. The number of hydrogen-bond acceptors (Lipinski definition) is 2.